The fraction of sp³-hybridized carbons (Fsp3) is 0.238. The van der Waals surface area contributed by atoms with E-state index in [1.807, 2.05) is 31.2 Å². The van der Waals surface area contributed by atoms with Crippen LogP contribution in [-0.4, -0.2) is 34.7 Å². The Balaban J connectivity index is 1.95. The number of aliphatic imine (C=N–C) groups is 1. The Labute approximate surface area is 177 Å². The lowest BCUT2D eigenvalue weighted by molar-refractivity contribution is -0.121. The molecule has 1 fully saturated rings. The predicted octanol–water partition coefficient (Wildman–Crippen LogP) is 5.35. The lowest BCUT2D eigenvalue weighted by Crippen LogP contribution is -2.23. The van der Waals surface area contributed by atoms with Gasteiger partial charge in [-0.25, -0.2) is 4.99 Å². The van der Waals surface area contributed by atoms with E-state index in [1.54, 1.807) is 30.2 Å². The first-order chi connectivity index (χ1) is 13.4. The largest absolute Gasteiger partial charge is 0.503 e. The van der Waals surface area contributed by atoms with Crippen LogP contribution in [0.25, 0.3) is 6.08 Å². The summed E-state index contributed by atoms with van der Waals surface area (Å²) in [5, 5.41) is 10.7. The molecule has 7 heteroatoms. The number of thioether (sulfide) groups is 1. The van der Waals surface area contributed by atoms with Crippen molar-refractivity contribution in [3.63, 3.8) is 0 Å². The highest BCUT2D eigenvalue weighted by atomic mass is 79.9. The van der Waals surface area contributed by atoms with Gasteiger partial charge < -0.3 is 9.84 Å². The number of rotatable bonds is 5. The fourth-order valence-corrected chi connectivity index (χ4v) is 4.21. The Morgan fingerprint density at radius 2 is 2.04 bits per heavy atom. The van der Waals surface area contributed by atoms with Gasteiger partial charge in [-0.05, 0) is 76.4 Å². The summed E-state index contributed by atoms with van der Waals surface area (Å²) in [6.45, 7) is 4.37. The monoisotopic (exact) mass is 460 g/mol. The molecule has 1 amide bonds. The maximum absolute atomic E-state index is 12.7. The van der Waals surface area contributed by atoms with Crippen molar-refractivity contribution in [2.45, 2.75) is 20.3 Å². The number of aromatic hydroxyl groups is 1. The van der Waals surface area contributed by atoms with E-state index in [9.17, 15) is 9.90 Å². The molecule has 1 N–H and O–H groups in total. The van der Waals surface area contributed by atoms with E-state index in [1.165, 1.54) is 11.8 Å². The number of carbonyl (C=O) groups excluding carboxylic acids is 1. The first kappa shape index (κ1) is 20.5. The van der Waals surface area contributed by atoms with Crippen molar-refractivity contribution < 1.29 is 14.6 Å². The molecule has 1 saturated heterocycles. The van der Waals surface area contributed by atoms with Crippen LogP contribution in [0.1, 0.15) is 25.0 Å². The lowest BCUT2D eigenvalue weighted by atomic mass is 10.1. The molecule has 1 heterocycles. The zero-order valence-corrected chi connectivity index (χ0v) is 18.3. The van der Waals surface area contributed by atoms with Crippen molar-refractivity contribution in [1.82, 2.24) is 4.90 Å². The number of likely N-dealkylation sites (N-methyl/N-ethyl adjacent to an activating group) is 1. The number of ether oxygens (including phenoxy) is 1. The third-order valence-corrected chi connectivity index (χ3v) is 5.91. The summed E-state index contributed by atoms with van der Waals surface area (Å²) < 4.78 is 5.97. The maximum atomic E-state index is 12.7. The van der Waals surface area contributed by atoms with E-state index in [2.05, 4.69) is 22.9 Å². The number of para-hydroxylation sites is 1. The van der Waals surface area contributed by atoms with Crippen molar-refractivity contribution in [2.75, 3.05) is 13.7 Å². The molecule has 0 saturated carbocycles. The summed E-state index contributed by atoms with van der Waals surface area (Å²) in [5.74, 6) is 0.308. The molecular weight excluding hydrogens is 440 g/mol. The second kappa shape index (κ2) is 8.84. The fourth-order valence-electron chi connectivity index (χ4n) is 2.77. The molecule has 3 rings (SSSR count). The highest BCUT2D eigenvalue weighted by Crippen LogP contribution is 2.38. The van der Waals surface area contributed by atoms with Gasteiger partial charge in [0.25, 0.3) is 5.91 Å². The zero-order valence-electron chi connectivity index (χ0n) is 15.9. The number of amides is 1. The van der Waals surface area contributed by atoms with Gasteiger partial charge in [0.1, 0.15) is 0 Å². The number of phenolic OH excluding ortho intramolecular Hbond substituents is 1. The van der Waals surface area contributed by atoms with Crippen LogP contribution in [0.3, 0.4) is 0 Å². The molecular formula is C21H21BrN2O3S. The number of phenols is 1. The van der Waals surface area contributed by atoms with Gasteiger partial charge in [0.05, 0.1) is 21.7 Å². The molecule has 1 aliphatic rings. The Morgan fingerprint density at radius 1 is 1.29 bits per heavy atom. The standard InChI is InChI=1S/C21H21BrN2O3S/c1-4-14-8-6-7-9-16(14)23-21-24(3)20(26)18(28-21)12-13-10-15(22)19(25)17(11-13)27-5-2/h6-12,25H,4-5H2,1-3H3/b18-12+,23-21?. The summed E-state index contributed by atoms with van der Waals surface area (Å²) in [5.41, 5.74) is 2.77. The SMILES string of the molecule is CCOc1cc(/C=C2/SC(=Nc3ccccc3CC)N(C)C2=O)cc(Br)c1O. The molecule has 0 aromatic heterocycles. The van der Waals surface area contributed by atoms with Crippen LogP contribution < -0.4 is 4.74 Å². The average Bonchev–Trinajstić information content (AvgIpc) is 2.94. The Kier molecular flexibility index (Phi) is 6.46. The smallest absolute Gasteiger partial charge is 0.266 e. The summed E-state index contributed by atoms with van der Waals surface area (Å²) in [6.07, 6.45) is 2.66. The number of carbonyl (C=O) groups is 1. The van der Waals surface area contributed by atoms with Crippen LogP contribution in [0.2, 0.25) is 0 Å². The quantitative estimate of drug-likeness (QED) is 0.610. The molecule has 2 aromatic carbocycles. The van der Waals surface area contributed by atoms with Crippen molar-refractivity contribution in [3.8, 4) is 11.5 Å². The first-order valence-corrected chi connectivity index (χ1v) is 10.5. The van der Waals surface area contributed by atoms with E-state index < -0.39 is 0 Å². The van der Waals surface area contributed by atoms with Crippen LogP contribution >= 0.6 is 27.7 Å². The minimum atomic E-state index is -0.111. The molecule has 0 atom stereocenters. The summed E-state index contributed by atoms with van der Waals surface area (Å²) in [6, 6.07) is 11.4. The number of hydrogen-bond donors (Lipinski definition) is 1. The van der Waals surface area contributed by atoms with E-state index >= 15 is 0 Å². The maximum Gasteiger partial charge on any atom is 0.266 e. The Morgan fingerprint density at radius 3 is 2.75 bits per heavy atom. The van der Waals surface area contributed by atoms with Gasteiger partial charge in [0.2, 0.25) is 0 Å². The van der Waals surface area contributed by atoms with Crippen molar-refractivity contribution in [2.24, 2.45) is 4.99 Å². The minimum absolute atomic E-state index is 0.0462. The molecule has 2 aromatic rings. The number of aryl methyl sites for hydroxylation is 1. The summed E-state index contributed by atoms with van der Waals surface area (Å²) >= 11 is 4.66. The second-order valence-corrected chi connectivity index (χ2v) is 8.00. The number of nitrogens with zero attached hydrogens (tertiary/aromatic N) is 2. The summed E-state index contributed by atoms with van der Waals surface area (Å²) in [4.78, 5) is 19.5. The zero-order chi connectivity index (χ0) is 20.3. The van der Waals surface area contributed by atoms with Crippen LogP contribution in [0.4, 0.5) is 5.69 Å². The van der Waals surface area contributed by atoms with E-state index in [0.29, 0.717) is 26.9 Å². The lowest BCUT2D eigenvalue weighted by Gasteiger charge is -2.09. The normalized spacial score (nSPS) is 17.0. The number of hydrogen-bond acceptors (Lipinski definition) is 5. The number of amidine groups is 1. The third kappa shape index (κ3) is 4.25. The predicted molar refractivity (Wildman–Crippen MR) is 118 cm³/mol. The topological polar surface area (TPSA) is 62.1 Å². The average molecular weight is 461 g/mol. The number of halogens is 1. The Hall–Kier alpha value is -2.25. The van der Waals surface area contributed by atoms with Gasteiger partial charge in [-0.15, -0.1) is 0 Å². The molecule has 0 spiro atoms. The molecule has 0 bridgehead atoms. The molecule has 1 aliphatic heterocycles. The van der Waals surface area contributed by atoms with Gasteiger partial charge in [-0.3, -0.25) is 9.69 Å². The van der Waals surface area contributed by atoms with E-state index in [-0.39, 0.29) is 11.7 Å². The minimum Gasteiger partial charge on any atom is -0.503 e. The van der Waals surface area contributed by atoms with Gasteiger partial charge in [0.15, 0.2) is 16.7 Å². The molecule has 0 radical (unpaired) electrons. The Bertz CT molecular complexity index is 972. The number of benzene rings is 2. The van der Waals surface area contributed by atoms with Crippen molar-refractivity contribution in [3.05, 3.63) is 56.9 Å². The molecule has 0 unspecified atom stereocenters. The first-order valence-electron chi connectivity index (χ1n) is 8.94. The van der Waals surface area contributed by atoms with Gasteiger partial charge in [-0.2, -0.15) is 0 Å². The van der Waals surface area contributed by atoms with Crippen LogP contribution in [0.5, 0.6) is 11.5 Å². The highest BCUT2D eigenvalue weighted by Gasteiger charge is 2.30. The van der Waals surface area contributed by atoms with E-state index in [4.69, 9.17) is 9.73 Å². The van der Waals surface area contributed by atoms with Crippen LogP contribution in [-0.2, 0) is 11.2 Å². The van der Waals surface area contributed by atoms with Crippen molar-refractivity contribution in [1.29, 1.82) is 0 Å². The van der Waals surface area contributed by atoms with Crippen molar-refractivity contribution >= 4 is 50.5 Å². The second-order valence-electron chi connectivity index (χ2n) is 6.13. The van der Waals surface area contributed by atoms with Gasteiger partial charge in [-0.1, -0.05) is 25.1 Å². The molecule has 146 valence electrons. The van der Waals surface area contributed by atoms with E-state index in [0.717, 1.165) is 23.2 Å². The molecule has 5 nitrogen and oxygen atoms in total. The third-order valence-electron chi connectivity index (χ3n) is 4.24. The molecule has 0 aliphatic carbocycles. The van der Waals surface area contributed by atoms with Gasteiger partial charge >= 0.3 is 0 Å². The van der Waals surface area contributed by atoms with Crippen LogP contribution in [0, 0.1) is 0 Å². The van der Waals surface area contributed by atoms with Crippen LogP contribution in [0.15, 0.2) is 50.8 Å². The summed E-state index contributed by atoms with van der Waals surface area (Å²) in [7, 11) is 1.72. The van der Waals surface area contributed by atoms with Gasteiger partial charge in [0, 0.05) is 7.05 Å². The highest BCUT2D eigenvalue weighted by molar-refractivity contribution is 9.10. The molecule has 28 heavy (non-hydrogen) atoms.